The standard InChI is InChI=1S/C10H14N2/c1-10(9-12-3)7-5-4-6-8-11-2/h4-9H,3H2,1-2H3/b6-4-,7-5-,10-9+,11-8?. The van der Waals surface area contributed by atoms with Crippen molar-refractivity contribution in [1.82, 2.24) is 0 Å². The maximum Gasteiger partial charge on any atom is 0.0289 e. The van der Waals surface area contributed by atoms with Crippen LogP contribution in [0.3, 0.4) is 0 Å². The number of aliphatic imine (C=N–C) groups is 2. The van der Waals surface area contributed by atoms with Gasteiger partial charge in [-0.1, -0.05) is 18.2 Å². The maximum absolute atomic E-state index is 3.80. The molecular formula is C10H14N2. The average Bonchev–Trinajstić information content (AvgIpc) is 2.05. The molecule has 0 fully saturated rings. The smallest absolute Gasteiger partial charge is 0.0289 e. The van der Waals surface area contributed by atoms with Crippen LogP contribution in [0.4, 0.5) is 0 Å². The molecule has 2 heteroatoms. The van der Waals surface area contributed by atoms with Crippen LogP contribution < -0.4 is 0 Å². The van der Waals surface area contributed by atoms with Crippen LogP contribution in [0.15, 0.2) is 46.1 Å². The molecule has 0 aliphatic heterocycles. The molecule has 0 amide bonds. The molecule has 0 aromatic rings. The Hall–Kier alpha value is -1.44. The topological polar surface area (TPSA) is 24.7 Å². The third-order valence-corrected chi connectivity index (χ3v) is 1.11. The number of hydrogen-bond acceptors (Lipinski definition) is 2. The average molecular weight is 162 g/mol. The Bertz CT molecular complexity index is 232. The normalized spacial score (nSPS) is 13.7. The molecule has 0 heterocycles. The van der Waals surface area contributed by atoms with Crippen molar-refractivity contribution in [2.24, 2.45) is 9.98 Å². The summed E-state index contributed by atoms with van der Waals surface area (Å²) in [6.45, 7) is 5.32. The summed E-state index contributed by atoms with van der Waals surface area (Å²) in [4.78, 5) is 7.44. The van der Waals surface area contributed by atoms with E-state index in [1.54, 1.807) is 19.5 Å². The summed E-state index contributed by atoms with van der Waals surface area (Å²) in [5, 5.41) is 0. The van der Waals surface area contributed by atoms with E-state index < -0.39 is 0 Å². The highest BCUT2D eigenvalue weighted by Crippen LogP contribution is 1.94. The summed E-state index contributed by atoms with van der Waals surface area (Å²) in [7, 11) is 1.74. The predicted molar refractivity (Wildman–Crippen MR) is 56.0 cm³/mol. The van der Waals surface area contributed by atoms with E-state index in [1.165, 1.54) is 0 Å². The van der Waals surface area contributed by atoms with Gasteiger partial charge in [-0.2, -0.15) is 0 Å². The molecule has 2 nitrogen and oxygen atoms in total. The first kappa shape index (κ1) is 10.6. The molecule has 12 heavy (non-hydrogen) atoms. The van der Waals surface area contributed by atoms with Crippen LogP contribution in [-0.4, -0.2) is 20.0 Å². The molecule has 0 bridgehead atoms. The van der Waals surface area contributed by atoms with Gasteiger partial charge in [0, 0.05) is 19.5 Å². The second-order valence-electron chi connectivity index (χ2n) is 2.21. The number of allylic oxidation sites excluding steroid dienone is 5. The predicted octanol–water partition coefficient (Wildman–Crippen LogP) is 2.40. The van der Waals surface area contributed by atoms with Gasteiger partial charge in [0.15, 0.2) is 0 Å². The van der Waals surface area contributed by atoms with Crippen LogP contribution in [0.2, 0.25) is 0 Å². The van der Waals surface area contributed by atoms with Gasteiger partial charge < -0.3 is 0 Å². The van der Waals surface area contributed by atoms with Crippen molar-refractivity contribution in [2.45, 2.75) is 6.92 Å². The molecule has 0 N–H and O–H groups in total. The first-order chi connectivity index (χ1) is 5.81. The fourth-order valence-corrected chi connectivity index (χ4v) is 0.594. The summed E-state index contributed by atoms with van der Waals surface area (Å²) in [6.07, 6.45) is 11.1. The first-order valence-corrected chi connectivity index (χ1v) is 3.69. The molecule has 0 aliphatic carbocycles. The van der Waals surface area contributed by atoms with Crippen molar-refractivity contribution in [3.8, 4) is 0 Å². The Labute approximate surface area is 73.7 Å². The third kappa shape index (κ3) is 6.68. The highest BCUT2D eigenvalue weighted by molar-refractivity contribution is 5.71. The molecule has 0 rings (SSSR count). The van der Waals surface area contributed by atoms with Crippen LogP contribution in [0.25, 0.3) is 0 Å². The van der Waals surface area contributed by atoms with E-state index in [9.17, 15) is 0 Å². The van der Waals surface area contributed by atoms with Crippen molar-refractivity contribution in [1.29, 1.82) is 0 Å². The zero-order valence-electron chi connectivity index (χ0n) is 7.57. The number of hydrogen-bond donors (Lipinski definition) is 0. The quantitative estimate of drug-likeness (QED) is 0.448. The van der Waals surface area contributed by atoms with Gasteiger partial charge in [0.25, 0.3) is 0 Å². The van der Waals surface area contributed by atoms with Gasteiger partial charge in [-0.25, -0.2) is 0 Å². The van der Waals surface area contributed by atoms with Gasteiger partial charge in [-0.15, -0.1) is 0 Å². The molecule has 0 aromatic carbocycles. The van der Waals surface area contributed by atoms with Gasteiger partial charge in [0.1, 0.15) is 0 Å². The molecule has 0 aliphatic rings. The van der Waals surface area contributed by atoms with E-state index >= 15 is 0 Å². The minimum atomic E-state index is 1.07. The van der Waals surface area contributed by atoms with E-state index in [0.717, 1.165) is 5.57 Å². The van der Waals surface area contributed by atoms with E-state index in [1.807, 2.05) is 31.2 Å². The van der Waals surface area contributed by atoms with Crippen molar-refractivity contribution < 1.29 is 0 Å². The van der Waals surface area contributed by atoms with Crippen molar-refractivity contribution >= 4 is 12.9 Å². The highest BCUT2D eigenvalue weighted by atomic mass is 14.6. The van der Waals surface area contributed by atoms with Crippen LogP contribution in [0.1, 0.15) is 6.92 Å². The Morgan fingerprint density at radius 3 is 2.58 bits per heavy atom. The van der Waals surface area contributed by atoms with Crippen molar-refractivity contribution in [3.63, 3.8) is 0 Å². The lowest BCUT2D eigenvalue weighted by Gasteiger charge is -1.83. The van der Waals surface area contributed by atoms with Crippen LogP contribution in [0, 0.1) is 0 Å². The van der Waals surface area contributed by atoms with E-state index in [2.05, 4.69) is 16.7 Å². The molecule has 64 valence electrons. The Morgan fingerprint density at radius 2 is 2.00 bits per heavy atom. The largest absolute Gasteiger partial charge is 0.297 e. The van der Waals surface area contributed by atoms with Gasteiger partial charge in [-0.3, -0.25) is 9.98 Å². The van der Waals surface area contributed by atoms with Crippen LogP contribution in [0.5, 0.6) is 0 Å². The van der Waals surface area contributed by atoms with Gasteiger partial charge >= 0.3 is 0 Å². The molecule has 0 saturated carbocycles. The van der Waals surface area contributed by atoms with Crippen molar-refractivity contribution in [3.05, 3.63) is 36.1 Å². The monoisotopic (exact) mass is 162 g/mol. The lowest BCUT2D eigenvalue weighted by atomic mass is 10.3. The third-order valence-electron chi connectivity index (χ3n) is 1.11. The lowest BCUT2D eigenvalue weighted by Crippen LogP contribution is -1.65. The summed E-state index contributed by atoms with van der Waals surface area (Å²) in [6, 6.07) is 0. The zero-order chi connectivity index (χ0) is 9.23. The minimum Gasteiger partial charge on any atom is -0.297 e. The second kappa shape index (κ2) is 7.66. The number of rotatable bonds is 4. The Morgan fingerprint density at radius 1 is 1.25 bits per heavy atom. The fourth-order valence-electron chi connectivity index (χ4n) is 0.594. The minimum absolute atomic E-state index is 1.07. The van der Waals surface area contributed by atoms with E-state index in [0.29, 0.717) is 0 Å². The van der Waals surface area contributed by atoms with Crippen molar-refractivity contribution in [2.75, 3.05) is 7.05 Å². The summed E-state index contributed by atoms with van der Waals surface area (Å²) in [5.41, 5.74) is 1.07. The van der Waals surface area contributed by atoms with E-state index in [4.69, 9.17) is 0 Å². The first-order valence-electron chi connectivity index (χ1n) is 3.69. The molecule has 0 radical (unpaired) electrons. The Kier molecular flexibility index (Phi) is 6.74. The molecule has 0 spiro atoms. The summed E-state index contributed by atoms with van der Waals surface area (Å²) in [5.74, 6) is 0. The van der Waals surface area contributed by atoms with Gasteiger partial charge in [0.05, 0.1) is 0 Å². The van der Waals surface area contributed by atoms with Crippen LogP contribution >= 0.6 is 0 Å². The molecule has 0 saturated heterocycles. The summed E-state index contributed by atoms with van der Waals surface area (Å²) >= 11 is 0. The van der Waals surface area contributed by atoms with Crippen LogP contribution in [-0.2, 0) is 0 Å². The summed E-state index contributed by atoms with van der Waals surface area (Å²) < 4.78 is 0. The lowest BCUT2D eigenvalue weighted by molar-refractivity contribution is 1.44. The zero-order valence-corrected chi connectivity index (χ0v) is 7.57. The highest BCUT2D eigenvalue weighted by Gasteiger charge is 1.74. The van der Waals surface area contributed by atoms with Gasteiger partial charge in [0.2, 0.25) is 0 Å². The second-order valence-corrected chi connectivity index (χ2v) is 2.21. The van der Waals surface area contributed by atoms with Gasteiger partial charge in [-0.05, 0) is 25.3 Å². The Balaban J connectivity index is 3.91. The molecule has 0 aromatic heterocycles. The SMILES string of the molecule is C=N/C=C(C)/C=C\C=C/C=NC. The van der Waals surface area contributed by atoms with E-state index in [-0.39, 0.29) is 0 Å². The fraction of sp³-hybridized carbons (Fsp3) is 0.200. The number of nitrogens with zero attached hydrogens (tertiary/aromatic N) is 2. The molecular weight excluding hydrogens is 148 g/mol. The molecule has 0 unspecified atom stereocenters. The molecule has 0 atom stereocenters. The maximum atomic E-state index is 3.80.